The standard InChI is InChI=1S/C16H26N2O2/c1-4-8-17-11-14-6-5-7-15(9-14)20-12-16(19)18-10-13(2)3/h5-7,9,13,17H,4,8,10-12H2,1-3H3,(H,18,19). The molecule has 1 rings (SSSR count). The van der Waals surface area contributed by atoms with Crippen molar-refractivity contribution in [1.29, 1.82) is 0 Å². The molecule has 0 aliphatic carbocycles. The van der Waals surface area contributed by atoms with Gasteiger partial charge in [0.1, 0.15) is 5.75 Å². The quantitative estimate of drug-likeness (QED) is 0.682. The first-order chi connectivity index (χ1) is 9.61. The van der Waals surface area contributed by atoms with E-state index in [9.17, 15) is 4.79 Å². The van der Waals surface area contributed by atoms with Crippen molar-refractivity contribution in [3.8, 4) is 5.75 Å². The molecule has 0 heterocycles. The number of rotatable bonds is 9. The van der Waals surface area contributed by atoms with E-state index in [4.69, 9.17) is 4.74 Å². The van der Waals surface area contributed by atoms with Gasteiger partial charge in [-0.2, -0.15) is 0 Å². The van der Waals surface area contributed by atoms with Crippen molar-refractivity contribution < 1.29 is 9.53 Å². The molecule has 4 heteroatoms. The lowest BCUT2D eigenvalue weighted by atomic mass is 10.2. The molecule has 0 fully saturated rings. The first-order valence-corrected chi connectivity index (χ1v) is 7.31. The molecule has 0 spiro atoms. The van der Waals surface area contributed by atoms with Gasteiger partial charge in [-0.15, -0.1) is 0 Å². The van der Waals surface area contributed by atoms with Gasteiger partial charge in [0.15, 0.2) is 6.61 Å². The molecule has 112 valence electrons. The summed E-state index contributed by atoms with van der Waals surface area (Å²) < 4.78 is 5.51. The molecule has 4 nitrogen and oxygen atoms in total. The van der Waals surface area contributed by atoms with E-state index < -0.39 is 0 Å². The van der Waals surface area contributed by atoms with Crippen LogP contribution in [0.3, 0.4) is 0 Å². The van der Waals surface area contributed by atoms with Gasteiger partial charge in [0.2, 0.25) is 0 Å². The van der Waals surface area contributed by atoms with E-state index in [1.54, 1.807) is 0 Å². The number of benzene rings is 1. The molecule has 1 aromatic carbocycles. The van der Waals surface area contributed by atoms with Crippen molar-refractivity contribution in [1.82, 2.24) is 10.6 Å². The lowest BCUT2D eigenvalue weighted by Crippen LogP contribution is -2.31. The van der Waals surface area contributed by atoms with E-state index in [-0.39, 0.29) is 12.5 Å². The first kappa shape index (κ1) is 16.5. The molecule has 0 saturated heterocycles. The summed E-state index contributed by atoms with van der Waals surface area (Å²) in [7, 11) is 0. The topological polar surface area (TPSA) is 50.4 Å². The summed E-state index contributed by atoms with van der Waals surface area (Å²) in [6.07, 6.45) is 1.12. The van der Waals surface area contributed by atoms with Gasteiger partial charge < -0.3 is 15.4 Å². The normalized spacial score (nSPS) is 10.6. The third-order valence-electron chi connectivity index (χ3n) is 2.73. The lowest BCUT2D eigenvalue weighted by Gasteiger charge is -2.10. The molecule has 1 aromatic rings. The van der Waals surface area contributed by atoms with Crippen LogP contribution in [0.15, 0.2) is 24.3 Å². The molecular weight excluding hydrogens is 252 g/mol. The highest BCUT2D eigenvalue weighted by Crippen LogP contribution is 2.13. The van der Waals surface area contributed by atoms with E-state index in [0.29, 0.717) is 12.5 Å². The van der Waals surface area contributed by atoms with Crippen LogP contribution in [0.2, 0.25) is 0 Å². The summed E-state index contributed by atoms with van der Waals surface area (Å²) in [4.78, 5) is 11.6. The predicted molar refractivity (Wildman–Crippen MR) is 81.8 cm³/mol. The summed E-state index contributed by atoms with van der Waals surface area (Å²) in [5.74, 6) is 1.11. The summed E-state index contributed by atoms with van der Waals surface area (Å²) in [5, 5.41) is 6.17. The van der Waals surface area contributed by atoms with Crippen LogP contribution < -0.4 is 15.4 Å². The first-order valence-electron chi connectivity index (χ1n) is 7.31. The van der Waals surface area contributed by atoms with Crippen molar-refractivity contribution in [2.24, 2.45) is 5.92 Å². The average molecular weight is 278 g/mol. The van der Waals surface area contributed by atoms with Gasteiger partial charge in [0, 0.05) is 13.1 Å². The zero-order chi connectivity index (χ0) is 14.8. The Morgan fingerprint density at radius 3 is 2.85 bits per heavy atom. The number of carbonyl (C=O) groups is 1. The van der Waals surface area contributed by atoms with Crippen LogP contribution in [0, 0.1) is 5.92 Å². The number of hydrogen-bond acceptors (Lipinski definition) is 3. The largest absolute Gasteiger partial charge is 0.484 e. The lowest BCUT2D eigenvalue weighted by molar-refractivity contribution is -0.123. The zero-order valence-electron chi connectivity index (χ0n) is 12.7. The highest BCUT2D eigenvalue weighted by molar-refractivity contribution is 5.77. The Balaban J connectivity index is 2.36. The molecule has 0 aliphatic rings. The molecule has 0 saturated carbocycles. The van der Waals surface area contributed by atoms with E-state index in [1.807, 2.05) is 24.3 Å². The van der Waals surface area contributed by atoms with Crippen molar-refractivity contribution >= 4 is 5.91 Å². The molecule has 0 aromatic heterocycles. The highest BCUT2D eigenvalue weighted by atomic mass is 16.5. The Kier molecular flexibility index (Phi) is 7.73. The van der Waals surface area contributed by atoms with Gasteiger partial charge in [-0.05, 0) is 36.6 Å². The number of nitrogens with one attached hydrogen (secondary N) is 2. The van der Waals surface area contributed by atoms with E-state index in [2.05, 4.69) is 31.4 Å². The second-order valence-corrected chi connectivity index (χ2v) is 5.31. The summed E-state index contributed by atoms with van der Waals surface area (Å²) in [6.45, 7) is 8.85. The maximum atomic E-state index is 11.6. The minimum Gasteiger partial charge on any atom is -0.484 e. The second kappa shape index (κ2) is 9.37. The number of carbonyl (C=O) groups excluding carboxylic acids is 1. The Bertz CT molecular complexity index is 405. The molecule has 20 heavy (non-hydrogen) atoms. The zero-order valence-corrected chi connectivity index (χ0v) is 12.7. The van der Waals surface area contributed by atoms with Crippen LogP contribution in [0.5, 0.6) is 5.75 Å². The van der Waals surface area contributed by atoms with Gasteiger partial charge >= 0.3 is 0 Å². The van der Waals surface area contributed by atoms with Gasteiger partial charge in [-0.1, -0.05) is 32.9 Å². The van der Waals surface area contributed by atoms with Crippen LogP contribution in [0.4, 0.5) is 0 Å². The molecular formula is C16H26N2O2. The van der Waals surface area contributed by atoms with Crippen LogP contribution >= 0.6 is 0 Å². The number of amides is 1. The SMILES string of the molecule is CCCNCc1cccc(OCC(=O)NCC(C)C)c1. The summed E-state index contributed by atoms with van der Waals surface area (Å²) in [6, 6.07) is 7.84. The van der Waals surface area contributed by atoms with Crippen molar-refractivity contribution in [3.05, 3.63) is 29.8 Å². The molecule has 0 radical (unpaired) electrons. The maximum absolute atomic E-state index is 11.6. The third kappa shape index (κ3) is 7.14. The predicted octanol–water partition coefficient (Wildman–Crippen LogP) is 2.34. The van der Waals surface area contributed by atoms with Crippen LogP contribution in [-0.4, -0.2) is 25.6 Å². The Morgan fingerprint density at radius 2 is 2.15 bits per heavy atom. The third-order valence-corrected chi connectivity index (χ3v) is 2.73. The average Bonchev–Trinajstić information content (AvgIpc) is 2.43. The van der Waals surface area contributed by atoms with Crippen molar-refractivity contribution in [2.45, 2.75) is 33.7 Å². The summed E-state index contributed by atoms with van der Waals surface area (Å²) >= 11 is 0. The van der Waals surface area contributed by atoms with Gasteiger partial charge in [-0.3, -0.25) is 4.79 Å². The Labute approximate surface area is 121 Å². The fourth-order valence-corrected chi connectivity index (χ4v) is 1.67. The van der Waals surface area contributed by atoms with Gasteiger partial charge in [0.05, 0.1) is 0 Å². The Morgan fingerprint density at radius 1 is 1.35 bits per heavy atom. The van der Waals surface area contributed by atoms with Crippen LogP contribution in [0.1, 0.15) is 32.8 Å². The highest BCUT2D eigenvalue weighted by Gasteiger charge is 2.04. The minimum atomic E-state index is -0.0757. The molecule has 0 atom stereocenters. The Hall–Kier alpha value is -1.55. The number of ether oxygens (including phenoxy) is 1. The number of hydrogen-bond donors (Lipinski definition) is 2. The van der Waals surface area contributed by atoms with E-state index in [0.717, 1.165) is 25.3 Å². The van der Waals surface area contributed by atoms with Gasteiger partial charge in [0.25, 0.3) is 5.91 Å². The van der Waals surface area contributed by atoms with Crippen LogP contribution in [0.25, 0.3) is 0 Å². The van der Waals surface area contributed by atoms with Crippen LogP contribution in [-0.2, 0) is 11.3 Å². The molecule has 0 unspecified atom stereocenters. The fraction of sp³-hybridized carbons (Fsp3) is 0.562. The monoisotopic (exact) mass is 278 g/mol. The fourth-order valence-electron chi connectivity index (χ4n) is 1.67. The molecule has 0 aliphatic heterocycles. The van der Waals surface area contributed by atoms with E-state index >= 15 is 0 Å². The summed E-state index contributed by atoms with van der Waals surface area (Å²) in [5.41, 5.74) is 1.17. The minimum absolute atomic E-state index is 0.0680. The smallest absolute Gasteiger partial charge is 0.257 e. The van der Waals surface area contributed by atoms with Crippen molar-refractivity contribution in [3.63, 3.8) is 0 Å². The van der Waals surface area contributed by atoms with E-state index in [1.165, 1.54) is 5.56 Å². The van der Waals surface area contributed by atoms with Gasteiger partial charge in [-0.25, -0.2) is 0 Å². The molecule has 2 N–H and O–H groups in total. The molecule has 0 bridgehead atoms. The van der Waals surface area contributed by atoms with Crippen molar-refractivity contribution in [2.75, 3.05) is 19.7 Å². The maximum Gasteiger partial charge on any atom is 0.257 e. The molecule has 1 amide bonds. The second-order valence-electron chi connectivity index (χ2n) is 5.31.